The van der Waals surface area contributed by atoms with Gasteiger partial charge in [0.2, 0.25) is 11.1 Å². The summed E-state index contributed by atoms with van der Waals surface area (Å²) in [5.74, 6) is 8.12. The highest BCUT2D eigenvalue weighted by Gasteiger charge is 2.18. The topological polar surface area (TPSA) is 95.5 Å². The van der Waals surface area contributed by atoms with Crippen LogP contribution in [-0.2, 0) is 11.3 Å². The number of amides is 1. The molecule has 0 bridgehead atoms. The van der Waals surface area contributed by atoms with Crippen molar-refractivity contribution in [1.82, 2.24) is 19.8 Å². The Morgan fingerprint density at radius 1 is 1.20 bits per heavy atom. The highest BCUT2D eigenvalue weighted by Crippen LogP contribution is 2.31. The van der Waals surface area contributed by atoms with E-state index in [2.05, 4.69) is 10.2 Å². The highest BCUT2D eigenvalue weighted by molar-refractivity contribution is 7.99. The van der Waals surface area contributed by atoms with Gasteiger partial charge in [0.25, 0.3) is 0 Å². The van der Waals surface area contributed by atoms with E-state index in [1.165, 1.54) is 16.4 Å². The van der Waals surface area contributed by atoms with Gasteiger partial charge in [-0.2, -0.15) is 0 Å². The van der Waals surface area contributed by atoms with Crippen molar-refractivity contribution in [3.05, 3.63) is 53.1 Å². The lowest BCUT2D eigenvalue weighted by molar-refractivity contribution is -0.127. The molecule has 0 saturated heterocycles. The molecule has 4 rings (SSSR count). The zero-order valence-corrected chi connectivity index (χ0v) is 17.8. The minimum absolute atomic E-state index is 0.0582. The van der Waals surface area contributed by atoms with Gasteiger partial charge in [-0.3, -0.25) is 4.79 Å². The van der Waals surface area contributed by atoms with Gasteiger partial charge in [-0.1, -0.05) is 41.6 Å². The summed E-state index contributed by atoms with van der Waals surface area (Å²) in [7, 11) is 1.75. The van der Waals surface area contributed by atoms with Crippen LogP contribution in [0.5, 0.6) is 11.5 Å². The Bertz CT molecular complexity index is 1070. The Balaban J connectivity index is 1.37. The number of rotatable bonds is 6. The van der Waals surface area contributed by atoms with Crippen molar-refractivity contribution in [2.75, 3.05) is 31.9 Å². The fraction of sp³-hybridized carbons (Fsp3) is 0.250. The van der Waals surface area contributed by atoms with Crippen LogP contribution in [0, 0.1) is 0 Å². The monoisotopic (exact) mass is 445 g/mol. The number of thioether (sulfide) groups is 1. The predicted molar refractivity (Wildman–Crippen MR) is 115 cm³/mol. The summed E-state index contributed by atoms with van der Waals surface area (Å²) in [4.78, 5) is 14.2. The third-order valence-corrected chi connectivity index (χ3v) is 5.81. The van der Waals surface area contributed by atoms with Crippen molar-refractivity contribution in [3.63, 3.8) is 0 Å². The van der Waals surface area contributed by atoms with Crippen LogP contribution in [0.2, 0.25) is 5.02 Å². The summed E-state index contributed by atoms with van der Waals surface area (Å²) in [6.45, 7) is 1.53. The molecule has 0 radical (unpaired) electrons. The van der Waals surface area contributed by atoms with Crippen LogP contribution in [0.3, 0.4) is 0 Å². The van der Waals surface area contributed by atoms with Gasteiger partial charge in [-0.15, -0.1) is 10.2 Å². The maximum Gasteiger partial charge on any atom is 0.233 e. The van der Waals surface area contributed by atoms with Crippen molar-refractivity contribution in [2.45, 2.75) is 11.7 Å². The molecule has 0 spiro atoms. The minimum atomic E-state index is -0.0582. The molecule has 0 fully saturated rings. The standard InChI is InChI=1S/C20H20ClN5O3S/c1-25(11-13-6-7-16-17(10-13)29-9-8-28-16)18(27)12-30-20-24-23-19(26(20)22)14-4-2-3-5-15(14)21/h2-7,10H,8-9,11-12,22H2,1H3. The molecule has 0 aliphatic carbocycles. The van der Waals surface area contributed by atoms with Crippen LogP contribution in [0.25, 0.3) is 11.4 Å². The second-order valence-electron chi connectivity index (χ2n) is 6.67. The first kappa shape index (κ1) is 20.4. The second-order valence-corrected chi connectivity index (χ2v) is 8.02. The number of benzene rings is 2. The number of hydrogen-bond donors (Lipinski definition) is 1. The Hall–Kier alpha value is -2.91. The van der Waals surface area contributed by atoms with Gasteiger partial charge in [0.1, 0.15) is 13.2 Å². The van der Waals surface area contributed by atoms with Crippen molar-refractivity contribution < 1.29 is 14.3 Å². The van der Waals surface area contributed by atoms with Crippen LogP contribution >= 0.6 is 23.4 Å². The van der Waals surface area contributed by atoms with E-state index in [9.17, 15) is 4.79 Å². The lowest BCUT2D eigenvalue weighted by Gasteiger charge is -2.21. The van der Waals surface area contributed by atoms with Crippen LogP contribution in [-0.4, -0.2) is 51.7 Å². The first-order valence-electron chi connectivity index (χ1n) is 9.23. The molecule has 2 heterocycles. The molecule has 2 aromatic carbocycles. The maximum absolute atomic E-state index is 12.6. The van der Waals surface area contributed by atoms with Gasteiger partial charge in [0, 0.05) is 19.2 Å². The average molecular weight is 446 g/mol. The van der Waals surface area contributed by atoms with E-state index >= 15 is 0 Å². The fourth-order valence-corrected chi connectivity index (χ4v) is 4.00. The smallest absolute Gasteiger partial charge is 0.233 e. The number of carbonyl (C=O) groups is 1. The molecule has 1 aliphatic heterocycles. The summed E-state index contributed by atoms with van der Waals surface area (Å²) in [6, 6.07) is 12.9. The molecule has 10 heteroatoms. The van der Waals surface area contributed by atoms with E-state index in [0.29, 0.717) is 47.1 Å². The molecule has 30 heavy (non-hydrogen) atoms. The largest absolute Gasteiger partial charge is 0.486 e. The molecular weight excluding hydrogens is 426 g/mol. The molecule has 8 nitrogen and oxygen atoms in total. The molecule has 0 atom stereocenters. The fourth-order valence-electron chi connectivity index (χ4n) is 2.99. The Morgan fingerprint density at radius 3 is 2.77 bits per heavy atom. The van der Waals surface area contributed by atoms with Crippen molar-refractivity contribution in [1.29, 1.82) is 0 Å². The third kappa shape index (κ3) is 4.31. The van der Waals surface area contributed by atoms with E-state index in [1.807, 2.05) is 36.4 Å². The number of aromatic nitrogens is 3. The molecule has 1 aliphatic rings. The molecular formula is C20H20ClN5O3S. The lowest BCUT2D eigenvalue weighted by Crippen LogP contribution is -2.28. The highest BCUT2D eigenvalue weighted by atomic mass is 35.5. The first-order chi connectivity index (χ1) is 14.5. The van der Waals surface area contributed by atoms with E-state index < -0.39 is 0 Å². The number of hydrogen-bond acceptors (Lipinski definition) is 7. The summed E-state index contributed by atoms with van der Waals surface area (Å²) >= 11 is 7.43. The first-order valence-corrected chi connectivity index (χ1v) is 10.6. The van der Waals surface area contributed by atoms with Gasteiger partial charge < -0.3 is 20.2 Å². The summed E-state index contributed by atoms with van der Waals surface area (Å²) in [6.07, 6.45) is 0. The molecule has 156 valence electrons. The number of nitrogens with two attached hydrogens (primary N) is 1. The quantitative estimate of drug-likeness (QED) is 0.460. The third-order valence-electron chi connectivity index (χ3n) is 4.56. The summed E-state index contributed by atoms with van der Waals surface area (Å²) in [5, 5.41) is 9.17. The number of nitrogens with zero attached hydrogens (tertiary/aromatic N) is 4. The van der Waals surface area contributed by atoms with Crippen molar-refractivity contribution >= 4 is 29.3 Å². The SMILES string of the molecule is CN(Cc1ccc2c(c1)OCCO2)C(=O)CSc1nnc(-c2ccccc2Cl)n1N. The number of ether oxygens (including phenoxy) is 2. The van der Waals surface area contributed by atoms with Gasteiger partial charge in [-0.25, -0.2) is 4.68 Å². The molecule has 3 aromatic rings. The van der Waals surface area contributed by atoms with Crippen molar-refractivity contribution in [3.8, 4) is 22.9 Å². The average Bonchev–Trinajstić information content (AvgIpc) is 3.12. The molecule has 0 saturated carbocycles. The van der Waals surface area contributed by atoms with E-state index in [0.717, 1.165) is 11.3 Å². The number of halogens is 1. The summed E-state index contributed by atoms with van der Waals surface area (Å²) in [5.41, 5.74) is 1.64. The van der Waals surface area contributed by atoms with Crippen LogP contribution in [0.4, 0.5) is 0 Å². The van der Waals surface area contributed by atoms with Gasteiger partial charge in [0.05, 0.1) is 10.8 Å². The zero-order valence-electron chi connectivity index (χ0n) is 16.2. The molecule has 1 amide bonds. The van der Waals surface area contributed by atoms with Crippen LogP contribution < -0.4 is 15.3 Å². The van der Waals surface area contributed by atoms with Gasteiger partial charge >= 0.3 is 0 Å². The molecule has 0 unspecified atom stereocenters. The second kappa shape index (κ2) is 8.85. The Kier molecular flexibility index (Phi) is 6.01. The number of fused-ring (bicyclic) bond motifs is 1. The van der Waals surface area contributed by atoms with Gasteiger partial charge in [-0.05, 0) is 29.8 Å². The number of carbonyl (C=O) groups excluding carboxylic acids is 1. The van der Waals surface area contributed by atoms with Crippen LogP contribution in [0.1, 0.15) is 5.56 Å². The predicted octanol–water partition coefficient (Wildman–Crippen LogP) is 2.83. The Morgan fingerprint density at radius 2 is 1.97 bits per heavy atom. The number of nitrogen functional groups attached to an aromatic ring is 1. The Labute approximate surface area is 182 Å². The van der Waals surface area contributed by atoms with Gasteiger partial charge in [0.15, 0.2) is 17.3 Å². The lowest BCUT2D eigenvalue weighted by atomic mass is 10.2. The minimum Gasteiger partial charge on any atom is -0.486 e. The maximum atomic E-state index is 12.6. The van der Waals surface area contributed by atoms with Crippen molar-refractivity contribution in [2.24, 2.45) is 0 Å². The van der Waals surface area contributed by atoms with E-state index in [-0.39, 0.29) is 11.7 Å². The zero-order chi connectivity index (χ0) is 21.1. The summed E-state index contributed by atoms with van der Waals surface area (Å²) < 4.78 is 12.5. The van der Waals surface area contributed by atoms with E-state index in [4.69, 9.17) is 26.9 Å². The molecule has 1 aromatic heterocycles. The normalized spacial score (nSPS) is 12.6. The van der Waals surface area contributed by atoms with E-state index in [1.54, 1.807) is 18.0 Å². The molecule has 2 N–H and O–H groups in total. The van der Waals surface area contributed by atoms with Crippen LogP contribution in [0.15, 0.2) is 47.6 Å².